The summed E-state index contributed by atoms with van der Waals surface area (Å²) in [6.45, 7) is 11.1. The van der Waals surface area contributed by atoms with Gasteiger partial charge in [0.25, 0.3) is 0 Å². The van der Waals surface area contributed by atoms with Crippen molar-refractivity contribution in [3.05, 3.63) is 23.3 Å². The number of fused-ring (bicyclic) bond motifs is 1. The predicted octanol–water partition coefficient (Wildman–Crippen LogP) is 3.19. The van der Waals surface area contributed by atoms with E-state index >= 15 is 0 Å². The van der Waals surface area contributed by atoms with Gasteiger partial charge in [0.15, 0.2) is 0 Å². The number of aryl methyl sites for hydroxylation is 2. The zero-order valence-electron chi connectivity index (χ0n) is 11.0. The lowest BCUT2D eigenvalue weighted by Gasteiger charge is -2.27. The Labute approximate surface area is 98.7 Å². The molecule has 0 fully saturated rings. The van der Waals surface area contributed by atoms with E-state index in [-0.39, 0.29) is 0 Å². The maximum Gasteiger partial charge on any atom is 0.0602 e. The SMILES string of the molecule is Cc1cc2c(cc1C)N(C)CC(C)(C)CN2. The standard InChI is InChI=1S/C14H22N2/c1-10-6-12-13(7-11(10)2)16(5)9-14(3,4)8-15-12/h6-7,15H,8-9H2,1-5H3. The molecule has 0 bridgehead atoms. The van der Waals surface area contributed by atoms with Crippen molar-refractivity contribution in [1.82, 2.24) is 0 Å². The monoisotopic (exact) mass is 218 g/mol. The smallest absolute Gasteiger partial charge is 0.0602 e. The van der Waals surface area contributed by atoms with Crippen molar-refractivity contribution in [1.29, 1.82) is 0 Å². The minimum atomic E-state index is 0.315. The predicted molar refractivity (Wildman–Crippen MR) is 71.5 cm³/mol. The van der Waals surface area contributed by atoms with Crippen LogP contribution in [0.25, 0.3) is 0 Å². The van der Waals surface area contributed by atoms with E-state index in [2.05, 4.69) is 57.1 Å². The first-order valence-electron chi connectivity index (χ1n) is 5.95. The van der Waals surface area contributed by atoms with Crippen molar-refractivity contribution in [2.45, 2.75) is 27.7 Å². The van der Waals surface area contributed by atoms with E-state index in [1.54, 1.807) is 0 Å². The number of hydrogen-bond donors (Lipinski definition) is 1. The Hall–Kier alpha value is -1.18. The number of benzene rings is 1. The molecule has 1 aliphatic heterocycles. The highest BCUT2D eigenvalue weighted by Gasteiger charge is 2.25. The Balaban J connectivity index is 2.45. The molecule has 2 rings (SSSR count). The van der Waals surface area contributed by atoms with Crippen LogP contribution in [0.1, 0.15) is 25.0 Å². The van der Waals surface area contributed by atoms with Gasteiger partial charge in [-0.15, -0.1) is 0 Å². The van der Waals surface area contributed by atoms with E-state index in [4.69, 9.17) is 0 Å². The van der Waals surface area contributed by atoms with E-state index in [1.165, 1.54) is 22.5 Å². The van der Waals surface area contributed by atoms with Gasteiger partial charge in [-0.05, 0) is 42.5 Å². The van der Waals surface area contributed by atoms with Crippen molar-refractivity contribution in [3.8, 4) is 0 Å². The second kappa shape index (κ2) is 3.69. The lowest BCUT2D eigenvalue weighted by atomic mass is 9.93. The molecule has 0 saturated carbocycles. The number of anilines is 2. The highest BCUT2D eigenvalue weighted by Crippen LogP contribution is 2.34. The second-order valence-electron chi connectivity index (χ2n) is 5.83. The first kappa shape index (κ1) is 11.3. The van der Waals surface area contributed by atoms with E-state index in [0.29, 0.717) is 5.41 Å². The van der Waals surface area contributed by atoms with Gasteiger partial charge in [-0.3, -0.25) is 0 Å². The minimum absolute atomic E-state index is 0.315. The summed E-state index contributed by atoms with van der Waals surface area (Å²) in [6, 6.07) is 4.56. The van der Waals surface area contributed by atoms with Crippen LogP contribution in [-0.4, -0.2) is 20.1 Å². The lowest BCUT2D eigenvalue weighted by Crippen LogP contribution is -2.33. The van der Waals surface area contributed by atoms with Gasteiger partial charge in [0, 0.05) is 20.1 Å². The van der Waals surface area contributed by atoms with Crippen LogP contribution in [0.15, 0.2) is 12.1 Å². The molecule has 0 spiro atoms. The van der Waals surface area contributed by atoms with E-state index in [1.807, 2.05) is 0 Å². The van der Waals surface area contributed by atoms with E-state index < -0.39 is 0 Å². The molecule has 1 aromatic carbocycles. The molecule has 16 heavy (non-hydrogen) atoms. The van der Waals surface area contributed by atoms with Crippen LogP contribution in [0.5, 0.6) is 0 Å². The summed E-state index contributed by atoms with van der Waals surface area (Å²) in [5.41, 5.74) is 5.64. The van der Waals surface area contributed by atoms with Crippen molar-refractivity contribution in [3.63, 3.8) is 0 Å². The van der Waals surface area contributed by atoms with Crippen LogP contribution in [0.2, 0.25) is 0 Å². The van der Waals surface area contributed by atoms with E-state index in [0.717, 1.165) is 13.1 Å². The molecule has 88 valence electrons. The Morgan fingerprint density at radius 1 is 1.19 bits per heavy atom. The molecule has 0 unspecified atom stereocenters. The fourth-order valence-corrected chi connectivity index (χ4v) is 2.38. The molecular weight excluding hydrogens is 196 g/mol. The summed E-state index contributed by atoms with van der Waals surface area (Å²) in [7, 11) is 2.18. The molecule has 0 aliphatic carbocycles. The average molecular weight is 218 g/mol. The fraction of sp³-hybridized carbons (Fsp3) is 0.571. The Bertz CT molecular complexity index is 407. The van der Waals surface area contributed by atoms with Crippen LogP contribution in [0.4, 0.5) is 11.4 Å². The summed E-state index contributed by atoms with van der Waals surface area (Å²) in [5.74, 6) is 0. The average Bonchev–Trinajstić information content (AvgIpc) is 2.27. The maximum absolute atomic E-state index is 3.57. The molecular formula is C14H22N2. The Kier molecular flexibility index (Phi) is 2.61. The third-order valence-electron chi connectivity index (χ3n) is 3.45. The van der Waals surface area contributed by atoms with Gasteiger partial charge in [0.05, 0.1) is 11.4 Å². The lowest BCUT2D eigenvalue weighted by molar-refractivity contribution is 0.403. The minimum Gasteiger partial charge on any atom is -0.383 e. The number of nitrogens with zero attached hydrogens (tertiary/aromatic N) is 1. The highest BCUT2D eigenvalue weighted by atomic mass is 15.1. The van der Waals surface area contributed by atoms with Crippen LogP contribution in [-0.2, 0) is 0 Å². The molecule has 0 radical (unpaired) electrons. The Morgan fingerprint density at radius 2 is 1.81 bits per heavy atom. The van der Waals surface area contributed by atoms with Crippen molar-refractivity contribution >= 4 is 11.4 Å². The maximum atomic E-state index is 3.57. The summed E-state index contributed by atoms with van der Waals surface area (Å²) in [4.78, 5) is 2.36. The summed E-state index contributed by atoms with van der Waals surface area (Å²) >= 11 is 0. The molecule has 1 aromatic rings. The van der Waals surface area contributed by atoms with Gasteiger partial charge in [0.1, 0.15) is 0 Å². The zero-order valence-corrected chi connectivity index (χ0v) is 11.0. The first-order chi connectivity index (χ1) is 7.39. The third kappa shape index (κ3) is 2.01. The topological polar surface area (TPSA) is 15.3 Å². The molecule has 1 N–H and O–H groups in total. The molecule has 0 amide bonds. The van der Waals surface area contributed by atoms with Crippen LogP contribution >= 0.6 is 0 Å². The van der Waals surface area contributed by atoms with E-state index in [9.17, 15) is 0 Å². The van der Waals surface area contributed by atoms with Crippen molar-refractivity contribution < 1.29 is 0 Å². The molecule has 2 heteroatoms. The third-order valence-corrected chi connectivity index (χ3v) is 3.45. The van der Waals surface area contributed by atoms with Crippen molar-refractivity contribution in [2.75, 3.05) is 30.4 Å². The van der Waals surface area contributed by atoms with Gasteiger partial charge in [-0.25, -0.2) is 0 Å². The zero-order chi connectivity index (χ0) is 11.9. The molecule has 0 saturated heterocycles. The number of nitrogens with one attached hydrogen (secondary N) is 1. The molecule has 2 nitrogen and oxygen atoms in total. The van der Waals surface area contributed by atoms with Gasteiger partial charge in [-0.2, -0.15) is 0 Å². The van der Waals surface area contributed by atoms with Crippen LogP contribution < -0.4 is 10.2 Å². The Morgan fingerprint density at radius 3 is 2.50 bits per heavy atom. The molecule has 0 atom stereocenters. The quantitative estimate of drug-likeness (QED) is 0.719. The van der Waals surface area contributed by atoms with Gasteiger partial charge in [0.2, 0.25) is 0 Å². The number of hydrogen-bond acceptors (Lipinski definition) is 2. The van der Waals surface area contributed by atoms with Crippen LogP contribution in [0, 0.1) is 19.3 Å². The van der Waals surface area contributed by atoms with Crippen LogP contribution in [0.3, 0.4) is 0 Å². The first-order valence-corrected chi connectivity index (χ1v) is 5.95. The highest BCUT2D eigenvalue weighted by molar-refractivity contribution is 5.73. The molecule has 0 aromatic heterocycles. The molecule has 1 heterocycles. The second-order valence-corrected chi connectivity index (χ2v) is 5.83. The van der Waals surface area contributed by atoms with Crippen molar-refractivity contribution in [2.24, 2.45) is 5.41 Å². The van der Waals surface area contributed by atoms with Gasteiger partial charge < -0.3 is 10.2 Å². The van der Waals surface area contributed by atoms with Gasteiger partial charge in [-0.1, -0.05) is 13.8 Å². The summed E-state index contributed by atoms with van der Waals surface area (Å²) < 4.78 is 0. The largest absolute Gasteiger partial charge is 0.383 e. The number of rotatable bonds is 0. The summed E-state index contributed by atoms with van der Waals surface area (Å²) in [5, 5.41) is 3.57. The van der Waals surface area contributed by atoms with Gasteiger partial charge >= 0.3 is 0 Å². The normalized spacial score (nSPS) is 18.7. The fourth-order valence-electron chi connectivity index (χ4n) is 2.38. The summed E-state index contributed by atoms with van der Waals surface area (Å²) in [6.07, 6.45) is 0. The molecule has 1 aliphatic rings.